The first-order chi connectivity index (χ1) is 26.1. The molecule has 6 rings (SSSR count). The van der Waals surface area contributed by atoms with Crippen molar-refractivity contribution in [3.63, 3.8) is 0 Å². The molecule has 0 amide bonds. The van der Waals surface area contributed by atoms with Crippen molar-refractivity contribution >= 4 is 11.0 Å². The summed E-state index contributed by atoms with van der Waals surface area (Å²) in [4.78, 5) is 23.8. The molecule has 22 nitrogen and oxygen atoms in total. The van der Waals surface area contributed by atoms with E-state index >= 15 is 0 Å². The lowest BCUT2D eigenvalue weighted by atomic mass is 9.97. The molecule has 2 aromatic carbocycles. The van der Waals surface area contributed by atoms with Crippen LogP contribution in [-0.2, 0) is 28.7 Å². The van der Waals surface area contributed by atoms with Crippen LogP contribution in [0.2, 0.25) is 0 Å². The van der Waals surface area contributed by atoms with E-state index in [2.05, 4.69) is 0 Å². The maximum Gasteiger partial charge on any atom is 0.238 e. The Hall–Kier alpha value is -3.95. The highest BCUT2D eigenvalue weighted by atomic mass is 17.2. The fourth-order valence-corrected chi connectivity index (χ4v) is 6.28. The van der Waals surface area contributed by atoms with Crippen LogP contribution in [0.3, 0.4) is 0 Å². The number of phenolic OH excluding ortho intramolecular Hbond substituents is 3. The van der Waals surface area contributed by atoms with Gasteiger partial charge in [0.2, 0.25) is 23.8 Å². The van der Waals surface area contributed by atoms with E-state index in [0.717, 1.165) is 24.3 Å². The van der Waals surface area contributed by atoms with Gasteiger partial charge in [-0.25, -0.2) is 9.78 Å². The molecule has 0 unspecified atom stereocenters. The summed E-state index contributed by atoms with van der Waals surface area (Å²) in [5, 5.41) is 135. The number of aliphatic hydroxyl groups excluding tert-OH is 9. The third kappa shape index (κ3) is 7.76. The third-order valence-corrected chi connectivity index (χ3v) is 9.41. The van der Waals surface area contributed by atoms with Gasteiger partial charge in [-0.1, -0.05) is 0 Å². The Kier molecular flexibility index (Phi) is 12.0. The minimum absolute atomic E-state index is 0.0458. The van der Waals surface area contributed by atoms with Crippen LogP contribution in [0.4, 0.5) is 0 Å². The van der Waals surface area contributed by atoms with Gasteiger partial charge >= 0.3 is 0 Å². The van der Waals surface area contributed by atoms with Gasteiger partial charge < -0.3 is 94.5 Å². The topological polar surface area (TPSA) is 358 Å². The average molecular weight is 789 g/mol. The number of benzene rings is 2. The molecule has 0 bridgehead atoms. The van der Waals surface area contributed by atoms with Crippen LogP contribution in [0, 0.1) is 0 Å². The first-order valence-corrected chi connectivity index (χ1v) is 16.7. The summed E-state index contributed by atoms with van der Waals surface area (Å²) in [6, 6.07) is 5.16. The summed E-state index contributed by atoms with van der Waals surface area (Å²) in [5.74, 6) is -3.67. The van der Waals surface area contributed by atoms with Crippen LogP contribution in [0.25, 0.3) is 22.3 Å². The molecule has 22 heteroatoms. The van der Waals surface area contributed by atoms with E-state index in [1.54, 1.807) is 0 Å². The first kappa shape index (κ1) is 40.7. The molecule has 0 saturated carbocycles. The minimum atomic E-state index is -2.10. The zero-order valence-corrected chi connectivity index (χ0v) is 28.4. The number of rotatable bonds is 10. The predicted molar refractivity (Wildman–Crippen MR) is 174 cm³/mol. The van der Waals surface area contributed by atoms with Crippen molar-refractivity contribution in [2.24, 2.45) is 0 Å². The van der Waals surface area contributed by atoms with Crippen LogP contribution in [0.5, 0.6) is 28.7 Å². The zero-order chi connectivity index (χ0) is 40.0. The second kappa shape index (κ2) is 16.3. The zero-order valence-electron chi connectivity index (χ0n) is 28.4. The molecule has 0 aliphatic carbocycles. The van der Waals surface area contributed by atoms with Gasteiger partial charge in [-0.3, -0.25) is 4.79 Å². The number of fused-ring (bicyclic) bond motifs is 1. The van der Waals surface area contributed by atoms with Crippen LogP contribution in [0.15, 0.2) is 39.5 Å². The van der Waals surface area contributed by atoms with Gasteiger partial charge in [-0.2, -0.15) is 0 Å². The van der Waals surface area contributed by atoms with Gasteiger partial charge in [-0.05, 0) is 25.1 Å². The fourth-order valence-electron chi connectivity index (χ4n) is 6.28. The number of hydrogen-bond donors (Lipinski definition) is 13. The maximum atomic E-state index is 13.5. The largest absolute Gasteiger partial charge is 0.508 e. The number of aromatic hydroxyl groups is 4. The molecule has 3 aliphatic heterocycles. The van der Waals surface area contributed by atoms with Gasteiger partial charge in [-0.15, -0.1) is 0 Å². The molecule has 304 valence electrons. The Balaban J connectivity index is 1.28. The molecule has 3 aliphatic rings. The monoisotopic (exact) mass is 788 g/mol. The predicted octanol–water partition coefficient (Wildman–Crippen LogP) is -3.93. The van der Waals surface area contributed by atoms with Crippen molar-refractivity contribution in [3.8, 4) is 40.1 Å². The number of aliphatic hydroxyl groups is 9. The molecule has 15 atom stereocenters. The molecule has 0 radical (unpaired) electrons. The van der Waals surface area contributed by atoms with Crippen LogP contribution < -0.4 is 10.2 Å². The minimum Gasteiger partial charge on any atom is -0.508 e. The first-order valence-electron chi connectivity index (χ1n) is 16.7. The maximum absolute atomic E-state index is 13.5. The van der Waals surface area contributed by atoms with Crippen LogP contribution >= 0.6 is 0 Å². The van der Waals surface area contributed by atoms with E-state index in [-0.39, 0.29) is 11.1 Å². The highest BCUT2D eigenvalue weighted by Gasteiger charge is 2.53. The van der Waals surface area contributed by atoms with Gasteiger partial charge in [0.1, 0.15) is 83.5 Å². The van der Waals surface area contributed by atoms with Gasteiger partial charge in [0, 0.05) is 17.7 Å². The standard InChI is InChI=1S/C33H40O22/c1-9-19(39)23(43)26(46)32(48-9)55-54-30-24(44)20(40)16(7-34)52-33(30)53-29-21(41)17(8-35)51-31(27(29)47)50-15-6-11(36)5-14-18(15)22(42)25(45)28(49-14)10-2-3-12(37)13(38)4-10/h2-6,9,16-17,19-21,23-24,26-27,29-41,43-47H,7-8H2,1H3/t9-,16+,17+,19-,20+,21+,23+,24-,26+,27+,29-,30+,31+,32-,33-/m0/s1. The van der Waals surface area contributed by atoms with Crippen molar-refractivity contribution in [2.45, 2.75) is 99.0 Å². The summed E-state index contributed by atoms with van der Waals surface area (Å²) in [7, 11) is 0. The molecule has 3 fully saturated rings. The Morgan fingerprint density at radius 2 is 1.33 bits per heavy atom. The Bertz CT molecular complexity index is 1870. The van der Waals surface area contributed by atoms with Crippen molar-refractivity contribution in [3.05, 3.63) is 40.6 Å². The van der Waals surface area contributed by atoms with E-state index in [4.69, 9.17) is 37.9 Å². The number of phenols is 3. The lowest BCUT2D eigenvalue weighted by molar-refractivity contribution is -0.474. The second-order valence-electron chi connectivity index (χ2n) is 13.1. The molecule has 3 aromatic rings. The lowest BCUT2D eigenvalue weighted by Gasteiger charge is -2.46. The lowest BCUT2D eigenvalue weighted by Crippen LogP contribution is -2.66. The van der Waals surface area contributed by atoms with Crippen LogP contribution in [-0.4, -0.2) is 172 Å². The molecule has 1 aromatic heterocycles. The van der Waals surface area contributed by atoms with E-state index in [9.17, 15) is 71.2 Å². The van der Waals surface area contributed by atoms with Crippen LogP contribution in [0.1, 0.15) is 6.92 Å². The number of ether oxygens (including phenoxy) is 5. The molecule has 3 saturated heterocycles. The van der Waals surface area contributed by atoms with E-state index in [1.807, 2.05) is 0 Å². The summed E-state index contributed by atoms with van der Waals surface area (Å²) in [5.41, 5.74) is -1.55. The Labute approximate surface area is 308 Å². The summed E-state index contributed by atoms with van der Waals surface area (Å²) in [6.45, 7) is -0.480. The van der Waals surface area contributed by atoms with Gasteiger partial charge in [0.15, 0.2) is 29.7 Å². The molecule has 4 heterocycles. The normalized spacial score (nSPS) is 36.9. The fraction of sp³-hybridized carbons (Fsp3) is 0.545. The van der Waals surface area contributed by atoms with Gasteiger partial charge in [0.25, 0.3) is 0 Å². The van der Waals surface area contributed by atoms with E-state index < -0.39 is 151 Å². The van der Waals surface area contributed by atoms with Crippen molar-refractivity contribution in [1.82, 2.24) is 0 Å². The second-order valence-corrected chi connectivity index (χ2v) is 13.1. The average Bonchev–Trinajstić information content (AvgIpc) is 3.15. The molecular formula is C33H40O22. The molecule has 0 spiro atoms. The highest BCUT2D eigenvalue weighted by Crippen LogP contribution is 2.40. The van der Waals surface area contributed by atoms with Crippen molar-refractivity contribution < 1.29 is 104 Å². The Morgan fingerprint density at radius 3 is 2.00 bits per heavy atom. The molecular weight excluding hydrogens is 748 g/mol. The summed E-state index contributed by atoms with van der Waals surface area (Å²) >= 11 is 0. The van der Waals surface area contributed by atoms with Crippen molar-refractivity contribution in [1.29, 1.82) is 0 Å². The Morgan fingerprint density at radius 1 is 0.655 bits per heavy atom. The van der Waals surface area contributed by atoms with Crippen molar-refractivity contribution in [2.75, 3.05) is 13.2 Å². The molecule has 13 N–H and O–H groups in total. The molecule has 55 heavy (non-hydrogen) atoms. The number of hydrogen-bond acceptors (Lipinski definition) is 22. The third-order valence-electron chi connectivity index (χ3n) is 9.41. The van der Waals surface area contributed by atoms with E-state index in [0.29, 0.717) is 0 Å². The van der Waals surface area contributed by atoms with Gasteiger partial charge in [0.05, 0.1) is 19.3 Å². The summed E-state index contributed by atoms with van der Waals surface area (Å²) in [6.07, 6.45) is -26.8. The van der Waals surface area contributed by atoms with E-state index in [1.165, 1.54) is 13.0 Å². The SMILES string of the molecule is C[C@@H]1O[C@@H](OO[C@H]2[C@H](O[C@@H]3[C@@H](O)[C@H](Oc4cc(O)cc5oc(-c6ccc(O)c(O)c6)c(O)c(=O)c45)O[C@H](CO)[C@H]3O)O[C@H](CO)[C@@H](O)[C@@H]2O)[C@H](O)[C@H](O)[C@H]1O. The quantitative estimate of drug-likeness (QED) is 0.0530. The summed E-state index contributed by atoms with van der Waals surface area (Å²) < 4.78 is 33.6. The smallest absolute Gasteiger partial charge is 0.238 e. The highest BCUT2D eigenvalue weighted by molar-refractivity contribution is 5.88.